The van der Waals surface area contributed by atoms with E-state index in [0.29, 0.717) is 11.6 Å². The number of aryl methyl sites for hydroxylation is 1. The van der Waals surface area contributed by atoms with E-state index in [1.165, 1.54) is 6.07 Å². The fraction of sp³-hybridized carbons (Fsp3) is 0.143. The number of rotatable bonds is 4. The van der Waals surface area contributed by atoms with Crippen molar-refractivity contribution in [1.29, 1.82) is 0 Å². The number of ether oxygens (including phenoxy) is 1. The van der Waals surface area contributed by atoms with Crippen molar-refractivity contribution in [2.45, 2.75) is 6.92 Å². The van der Waals surface area contributed by atoms with Crippen LogP contribution in [0.4, 0.5) is 11.5 Å². The minimum Gasteiger partial charge on any atom is -0.495 e. The van der Waals surface area contributed by atoms with Crippen molar-refractivity contribution in [2.24, 2.45) is 0 Å². The van der Waals surface area contributed by atoms with Gasteiger partial charge in [-0.3, -0.25) is 0 Å². The molecule has 0 aliphatic rings. The summed E-state index contributed by atoms with van der Waals surface area (Å²) < 4.78 is 5.24. The Hall–Kier alpha value is -2.56. The highest BCUT2D eigenvalue weighted by atomic mass is 16.5. The average Bonchev–Trinajstić information content (AvgIpc) is 2.39. The second-order valence-electron chi connectivity index (χ2n) is 4.04. The molecule has 0 bridgehead atoms. The van der Waals surface area contributed by atoms with Crippen molar-refractivity contribution in [2.75, 3.05) is 12.4 Å². The number of methoxy groups -OCH3 is 1. The number of nitrogens with one attached hydrogen (secondary N) is 1. The molecule has 0 atom stereocenters. The van der Waals surface area contributed by atoms with Gasteiger partial charge >= 0.3 is 5.97 Å². The number of aromatic nitrogens is 1. The number of hydrogen-bond donors (Lipinski definition) is 2. The Morgan fingerprint density at radius 2 is 2.11 bits per heavy atom. The normalized spacial score (nSPS) is 10.0. The highest BCUT2D eigenvalue weighted by Crippen LogP contribution is 2.27. The molecule has 0 saturated heterocycles. The summed E-state index contributed by atoms with van der Waals surface area (Å²) in [7, 11) is 1.58. The average molecular weight is 258 g/mol. The van der Waals surface area contributed by atoms with Crippen molar-refractivity contribution in [1.82, 2.24) is 4.98 Å². The first kappa shape index (κ1) is 12.9. The molecule has 98 valence electrons. The third-order valence-electron chi connectivity index (χ3n) is 2.59. The van der Waals surface area contributed by atoms with Crippen molar-refractivity contribution >= 4 is 17.5 Å². The molecule has 0 radical (unpaired) electrons. The predicted octanol–water partition coefficient (Wildman–Crippen LogP) is 2.84. The third-order valence-corrected chi connectivity index (χ3v) is 2.59. The second kappa shape index (κ2) is 5.39. The van der Waals surface area contributed by atoms with Gasteiger partial charge in [0.15, 0.2) is 5.69 Å². The lowest BCUT2D eigenvalue weighted by molar-refractivity contribution is 0.0690. The maximum Gasteiger partial charge on any atom is 0.354 e. The van der Waals surface area contributed by atoms with Gasteiger partial charge in [0.25, 0.3) is 0 Å². The van der Waals surface area contributed by atoms with Gasteiger partial charge in [0.05, 0.1) is 12.8 Å². The monoisotopic (exact) mass is 258 g/mol. The number of anilines is 2. The number of carbonyl (C=O) groups is 1. The molecule has 19 heavy (non-hydrogen) atoms. The highest BCUT2D eigenvalue weighted by molar-refractivity contribution is 5.86. The number of carboxylic acids is 1. The number of pyridine rings is 1. The Kier molecular flexibility index (Phi) is 3.66. The fourth-order valence-electron chi connectivity index (χ4n) is 1.68. The third kappa shape index (κ3) is 3.01. The maximum atomic E-state index is 10.9. The number of hydrogen-bond acceptors (Lipinski definition) is 4. The zero-order valence-corrected chi connectivity index (χ0v) is 10.7. The maximum absolute atomic E-state index is 10.9. The Balaban J connectivity index is 2.33. The van der Waals surface area contributed by atoms with Crippen LogP contribution >= 0.6 is 0 Å². The van der Waals surface area contributed by atoms with Crippen LogP contribution in [-0.2, 0) is 0 Å². The Bertz CT molecular complexity index is 611. The summed E-state index contributed by atoms with van der Waals surface area (Å²) in [5, 5.41) is 12.0. The van der Waals surface area contributed by atoms with Crippen molar-refractivity contribution in [3.63, 3.8) is 0 Å². The van der Waals surface area contributed by atoms with Crippen LogP contribution < -0.4 is 10.1 Å². The zero-order valence-electron chi connectivity index (χ0n) is 10.7. The van der Waals surface area contributed by atoms with E-state index in [1.807, 2.05) is 25.1 Å². The molecule has 2 rings (SSSR count). The molecule has 0 spiro atoms. The molecule has 0 fully saturated rings. The van der Waals surface area contributed by atoms with Gasteiger partial charge in [-0.05, 0) is 36.8 Å². The van der Waals surface area contributed by atoms with Crippen molar-refractivity contribution in [3.8, 4) is 5.75 Å². The van der Waals surface area contributed by atoms with Gasteiger partial charge in [0, 0.05) is 0 Å². The molecule has 0 saturated carbocycles. The summed E-state index contributed by atoms with van der Waals surface area (Å²) >= 11 is 0. The Morgan fingerprint density at radius 1 is 1.32 bits per heavy atom. The first-order valence-electron chi connectivity index (χ1n) is 5.72. The molecule has 5 heteroatoms. The second-order valence-corrected chi connectivity index (χ2v) is 4.04. The molecule has 2 aromatic rings. The summed E-state index contributed by atoms with van der Waals surface area (Å²) in [5.74, 6) is 0.0804. The SMILES string of the molecule is COc1ccc(C)cc1Nc1cccc(C(=O)O)n1. The van der Waals surface area contributed by atoms with Gasteiger partial charge in [0.1, 0.15) is 11.6 Å². The van der Waals surface area contributed by atoms with Crippen LogP contribution in [-0.4, -0.2) is 23.2 Å². The van der Waals surface area contributed by atoms with E-state index in [4.69, 9.17) is 9.84 Å². The van der Waals surface area contributed by atoms with Crippen LogP contribution in [0.15, 0.2) is 36.4 Å². The fourth-order valence-corrected chi connectivity index (χ4v) is 1.68. The molecule has 5 nitrogen and oxygen atoms in total. The minimum absolute atomic E-state index is 0.00313. The van der Waals surface area contributed by atoms with Gasteiger partial charge in [-0.2, -0.15) is 0 Å². The van der Waals surface area contributed by atoms with Crippen LogP contribution in [0.5, 0.6) is 5.75 Å². The number of aromatic carboxylic acids is 1. The minimum atomic E-state index is -1.06. The number of carboxylic acid groups (broad SMARTS) is 1. The lowest BCUT2D eigenvalue weighted by atomic mass is 10.2. The smallest absolute Gasteiger partial charge is 0.354 e. The first-order valence-corrected chi connectivity index (χ1v) is 5.72. The molecule has 1 aromatic heterocycles. The largest absolute Gasteiger partial charge is 0.495 e. The number of nitrogens with zero attached hydrogens (tertiary/aromatic N) is 1. The van der Waals surface area contributed by atoms with Gasteiger partial charge < -0.3 is 15.2 Å². The van der Waals surface area contributed by atoms with Crippen LogP contribution in [0, 0.1) is 6.92 Å². The quantitative estimate of drug-likeness (QED) is 0.882. The summed E-state index contributed by atoms with van der Waals surface area (Å²) in [6.45, 7) is 1.96. The van der Waals surface area contributed by atoms with E-state index in [2.05, 4.69) is 10.3 Å². The van der Waals surface area contributed by atoms with Crippen LogP contribution in [0.1, 0.15) is 16.1 Å². The van der Waals surface area contributed by atoms with Gasteiger partial charge in [-0.25, -0.2) is 9.78 Å². The topological polar surface area (TPSA) is 71.5 Å². The lowest BCUT2D eigenvalue weighted by Gasteiger charge is -2.11. The van der Waals surface area contributed by atoms with Gasteiger partial charge in [-0.15, -0.1) is 0 Å². The summed E-state index contributed by atoms with van der Waals surface area (Å²) in [4.78, 5) is 14.9. The molecule has 1 aromatic carbocycles. The van der Waals surface area contributed by atoms with Crippen molar-refractivity contribution in [3.05, 3.63) is 47.7 Å². The predicted molar refractivity (Wildman–Crippen MR) is 72.2 cm³/mol. The summed E-state index contributed by atoms with van der Waals surface area (Å²) in [6.07, 6.45) is 0. The van der Waals surface area contributed by atoms with E-state index in [-0.39, 0.29) is 5.69 Å². The van der Waals surface area contributed by atoms with Gasteiger partial charge in [-0.1, -0.05) is 12.1 Å². The summed E-state index contributed by atoms with van der Waals surface area (Å²) in [6, 6.07) is 10.5. The standard InChI is InChI=1S/C14H14N2O3/c1-9-6-7-12(19-2)11(8-9)16-13-5-3-4-10(15-13)14(17)18/h3-8H,1-2H3,(H,15,16)(H,17,18). The lowest BCUT2D eigenvalue weighted by Crippen LogP contribution is -2.03. The zero-order chi connectivity index (χ0) is 13.8. The van der Waals surface area contributed by atoms with Crippen LogP contribution in [0.3, 0.4) is 0 Å². The molecule has 2 N–H and O–H groups in total. The Labute approximate surface area is 110 Å². The highest BCUT2D eigenvalue weighted by Gasteiger charge is 2.07. The van der Waals surface area contributed by atoms with Gasteiger partial charge in [0.2, 0.25) is 0 Å². The Morgan fingerprint density at radius 3 is 2.79 bits per heavy atom. The van der Waals surface area contributed by atoms with Crippen LogP contribution in [0.2, 0.25) is 0 Å². The van der Waals surface area contributed by atoms with Crippen LogP contribution in [0.25, 0.3) is 0 Å². The molecule has 0 unspecified atom stereocenters. The van der Waals surface area contributed by atoms with E-state index < -0.39 is 5.97 Å². The molecule has 0 aliphatic carbocycles. The van der Waals surface area contributed by atoms with E-state index in [1.54, 1.807) is 19.2 Å². The molecule has 1 heterocycles. The first-order chi connectivity index (χ1) is 9.10. The summed E-state index contributed by atoms with van der Waals surface area (Å²) in [5.41, 5.74) is 1.81. The molecular formula is C14H14N2O3. The molecule has 0 amide bonds. The molecule has 0 aliphatic heterocycles. The van der Waals surface area contributed by atoms with E-state index in [9.17, 15) is 4.79 Å². The van der Waals surface area contributed by atoms with E-state index >= 15 is 0 Å². The number of benzene rings is 1. The van der Waals surface area contributed by atoms with Crippen molar-refractivity contribution < 1.29 is 14.6 Å². The van der Waals surface area contributed by atoms with E-state index in [0.717, 1.165) is 11.3 Å². The molecular weight excluding hydrogens is 244 g/mol.